The normalized spacial score (nSPS) is 19.0. The average Bonchev–Trinajstić information content (AvgIpc) is 3.15. The molecule has 3 rings (SSSR count). The van der Waals surface area contributed by atoms with E-state index in [0.29, 0.717) is 31.2 Å². The first kappa shape index (κ1) is 13.7. The monoisotopic (exact) mass is 291 g/mol. The number of rotatable bonds is 3. The first-order chi connectivity index (χ1) is 10.2. The van der Waals surface area contributed by atoms with Crippen LogP contribution in [0.4, 0.5) is 0 Å². The zero-order chi connectivity index (χ0) is 14.8. The molecule has 0 spiro atoms. The van der Waals surface area contributed by atoms with E-state index >= 15 is 0 Å². The lowest BCUT2D eigenvalue weighted by Crippen LogP contribution is -2.42. The van der Waals surface area contributed by atoms with Crippen molar-refractivity contribution in [3.63, 3.8) is 0 Å². The smallest absolute Gasteiger partial charge is 0.292 e. The fourth-order valence-electron chi connectivity index (χ4n) is 2.22. The number of aryl methyl sites for hydroxylation is 2. The van der Waals surface area contributed by atoms with Gasteiger partial charge in [0.25, 0.3) is 5.91 Å². The molecule has 0 saturated carbocycles. The summed E-state index contributed by atoms with van der Waals surface area (Å²) in [5.74, 6) is 1.45. The molecule has 0 bridgehead atoms. The zero-order valence-corrected chi connectivity index (χ0v) is 12.0. The van der Waals surface area contributed by atoms with E-state index < -0.39 is 0 Å². The highest BCUT2D eigenvalue weighted by Gasteiger charge is 2.30. The molecule has 8 heteroatoms. The number of nitrogens with one attached hydrogen (secondary N) is 1. The van der Waals surface area contributed by atoms with Crippen molar-refractivity contribution in [3.05, 3.63) is 29.2 Å². The van der Waals surface area contributed by atoms with Crippen LogP contribution in [0.15, 0.2) is 10.6 Å². The van der Waals surface area contributed by atoms with Crippen LogP contribution in [0.5, 0.6) is 0 Å². The minimum absolute atomic E-state index is 0.185. The quantitative estimate of drug-likeness (QED) is 0.901. The molecule has 2 aromatic heterocycles. The molecule has 0 aromatic carbocycles. The number of ether oxygens (including phenoxy) is 1. The lowest BCUT2D eigenvalue weighted by molar-refractivity contribution is -0.0277. The van der Waals surface area contributed by atoms with E-state index in [1.54, 1.807) is 17.9 Å². The summed E-state index contributed by atoms with van der Waals surface area (Å²) in [6.07, 6.45) is 0.461. The van der Waals surface area contributed by atoms with Crippen molar-refractivity contribution < 1.29 is 14.1 Å². The van der Waals surface area contributed by atoms with Gasteiger partial charge in [-0.05, 0) is 6.92 Å². The number of amides is 1. The van der Waals surface area contributed by atoms with Crippen molar-refractivity contribution >= 4 is 5.91 Å². The van der Waals surface area contributed by atoms with Gasteiger partial charge in [0.15, 0.2) is 5.82 Å². The Morgan fingerprint density at radius 1 is 1.57 bits per heavy atom. The van der Waals surface area contributed by atoms with Crippen molar-refractivity contribution in [1.29, 1.82) is 0 Å². The van der Waals surface area contributed by atoms with Crippen LogP contribution in [0, 0.1) is 6.92 Å². The van der Waals surface area contributed by atoms with Gasteiger partial charge < -0.3 is 14.2 Å². The molecular formula is C13H17N5O3. The largest absolute Gasteiger partial charge is 0.366 e. The number of hydrogen-bond donors (Lipinski definition) is 1. The lowest BCUT2D eigenvalue weighted by atomic mass is 10.2. The van der Waals surface area contributed by atoms with Gasteiger partial charge >= 0.3 is 0 Å². The van der Waals surface area contributed by atoms with E-state index in [1.807, 2.05) is 6.92 Å². The molecule has 0 aliphatic carbocycles. The van der Waals surface area contributed by atoms with Crippen molar-refractivity contribution in [2.24, 2.45) is 0 Å². The number of carbonyl (C=O) groups excluding carboxylic acids is 1. The van der Waals surface area contributed by atoms with Crippen molar-refractivity contribution in [3.8, 4) is 0 Å². The van der Waals surface area contributed by atoms with Gasteiger partial charge in [0.05, 0.1) is 18.8 Å². The molecule has 3 heterocycles. The SMILES string of the molecule is CCc1nc([C@H]2CN(C(=O)c3cc(C)no3)CCO2)n[nH]1. The highest BCUT2D eigenvalue weighted by atomic mass is 16.5. The van der Waals surface area contributed by atoms with E-state index in [9.17, 15) is 4.79 Å². The molecule has 8 nitrogen and oxygen atoms in total. The third-order valence-corrected chi connectivity index (χ3v) is 3.36. The fraction of sp³-hybridized carbons (Fsp3) is 0.538. The van der Waals surface area contributed by atoms with Gasteiger partial charge in [-0.2, -0.15) is 5.10 Å². The lowest BCUT2D eigenvalue weighted by Gasteiger charge is -2.30. The molecule has 2 aromatic rings. The van der Waals surface area contributed by atoms with Crippen LogP contribution in [0.25, 0.3) is 0 Å². The molecule has 0 unspecified atom stereocenters. The maximum atomic E-state index is 12.3. The van der Waals surface area contributed by atoms with E-state index in [4.69, 9.17) is 9.26 Å². The van der Waals surface area contributed by atoms with Gasteiger partial charge in [-0.15, -0.1) is 0 Å². The highest BCUT2D eigenvalue weighted by molar-refractivity contribution is 5.91. The molecule has 1 aliphatic rings. The third-order valence-electron chi connectivity index (χ3n) is 3.36. The Morgan fingerprint density at radius 2 is 2.43 bits per heavy atom. The van der Waals surface area contributed by atoms with Crippen molar-refractivity contribution in [2.45, 2.75) is 26.4 Å². The molecule has 1 aliphatic heterocycles. The van der Waals surface area contributed by atoms with Crippen LogP contribution in [0.2, 0.25) is 0 Å². The molecule has 1 N–H and O–H groups in total. The average molecular weight is 291 g/mol. The Bertz CT molecular complexity index is 635. The van der Waals surface area contributed by atoms with Crippen LogP contribution in [-0.2, 0) is 11.2 Å². The molecule has 1 atom stereocenters. The summed E-state index contributed by atoms with van der Waals surface area (Å²) >= 11 is 0. The van der Waals surface area contributed by atoms with Gasteiger partial charge in [0.2, 0.25) is 5.76 Å². The predicted octanol–water partition coefficient (Wildman–Crippen LogP) is 0.877. The number of H-pyrrole nitrogens is 1. The summed E-state index contributed by atoms with van der Waals surface area (Å²) in [4.78, 5) is 18.4. The Balaban J connectivity index is 1.72. The Hall–Kier alpha value is -2.22. The second kappa shape index (κ2) is 5.65. The molecular weight excluding hydrogens is 274 g/mol. The Labute approximate surface area is 121 Å². The van der Waals surface area contributed by atoms with Crippen LogP contribution in [0.1, 0.15) is 40.9 Å². The van der Waals surface area contributed by atoms with E-state index in [1.165, 1.54) is 0 Å². The van der Waals surface area contributed by atoms with Crippen LogP contribution >= 0.6 is 0 Å². The van der Waals surface area contributed by atoms with Gasteiger partial charge in [0, 0.05) is 19.0 Å². The summed E-state index contributed by atoms with van der Waals surface area (Å²) in [6, 6.07) is 1.63. The zero-order valence-electron chi connectivity index (χ0n) is 12.0. The number of carbonyl (C=O) groups is 1. The summed E-state index contributed by atoms with van der Waals surface area (Å²) < 4.78 is 10.7. The number of nitrogens with zero attached hydrogens (tertiary/aromatic N) is 4. The third kappa shape index (κ3) is 2.80. The van der Waals surface area contributed by atoms with Gasteiger partial charge in [-0.3, -0.25) is 9.89 Å². The topological polar surface area (TPSA) is 97.1 Å². The molecule has 1 saturated heterocycles. The molecule has 21 heavy (non-hydrogen) atoms. The second-order valence-electron chi connectivity index (χ2n) is 4.94. The Kier molecular flexibility index (Phi) is 3.70. The first-order valence-corrected chi connectivity index (χ1v) is 6.92. The molecule has 0 radical (unpaired) electrons. The van der Waals surface area contributed by atoms with Gasteiger partial charge in [0.1, 0.15) is 11.9 Å². The van der Waals surface area contributed by atoms with Gasteiger partial charge in [-0.25, -0.2) is 4.98 Å². The second-order valence-corrected chi connectivity index (χ2v) is 4.94. The summed E-state index contributed by atoms with van der Waals surface area (Å²) in [6.45, 7) is 5.13. The Morgan fingerprint density at radius 3 is 3.10 bits per heavy atom. The number of morpholine rings is 1. The predicted molar refractivity (Wildman–Crippen MR) is 71.6 cm³/mol. The minimum atomic E-state index is -0.316. The molecule has 112 valence electrons. The van der Waals surface area contributed by atoms with Crippen molar-refractivity contribution in [1.82, 2.24) is 25.2 Å². The maximum absolute atomic E-state index is 12.3. The number of hydrogen-bond acceptors (Lipinski definition) is 6. The molecule has 1 fully saturated rings. The van der Waals surface area contributed by atoms with Crippen LogP contribution in [-0.4, -0.2) is 50.8 Å². The highest BCUT2D eigenvalue weighted by Crippen LogP contribution is 2.20. The number of aromatic nitrogens is 4. The molecule has 1 amide bonds. The summed E-state index contributed by atoms with van der Waals surface area (Å²) in [5.41, 5.74) is 0.685. The van der Waals surface area contributed by atoms with Crippen LogP contribution in [0.3, 0.4) is 0 Å². The van der Waals surface area contributed by atoms with E-state index in [-0.39, 0.29) is 17.8 Å². The maximum Gasteiger partial charge on any atom is 0.292 e. The van der Waals surface area contributed by atoms with Crippen molar-refractivity contribution in [2.75, 3.05) is 19.7 Å². The number of aromatic amines is 1. The van der Waals surface area contributed by atoms with E-state index in [0.717, 1.165) is 12.2 Å². The van der Waals surface area contributed by atoms with Gasteiger partial charge in [-0.1, -0.05) is 12.1 Å². The standard InChI is InChI=1S/C13H17N5O3/c1-3-11-14-12(16-15-11)10-7-18(4-5-20-10)13(19)9-6-8(2)17-21-9/h6,10H,3-5,7H2,1-2H3,(H,14,15,16)/t10-/m1/s1. The van der Waals surface area contributed by atoms with Crippen LogP contribution < -0.4 is 0 Å². The first-order valence-electron chi connectivity index (χ1n) is 6.92. The summed E-state index contributed by atoms with van der Waals surface area (Å²) in [5, 5.41) is 10.7. The minimum Gasteiger partial charge on any atom is -0.366 e. The fourth-order valence-corrected chi connectivity index (χ4v) is 2.22. The summed E-state index contributed by atoms with van der Waals surface area (Å²) in [7, 11) is 0. The van der Waals surface area contributed by atoms with E-state index in [2.05, 4.69) is 20.3 Å².